The number of rotatable bonds is 4. The molecule has 0 aliphatic heterocycles. The third kappa shape index (κ3) is 3.59. The fraction of sp³-hybridized carbons (Fsp3) is 0.200. The van der Waals surface area contributed by atoms with Crippen molar-refractivity contribution in [2.24, 2.45) is 0 Å². The van der Waals surface area contributed by atoms with Crippen molar-refractivity contribution >= 4 is 28.5 Å². The molecule has 0 radical (unpaired) electrons. The molecule has 128 valence electrons. The molecule has 0 atom stereocenters. The van der Waals surface area contributed by atoms with Crippen molar-refractivity contribution in [1.82, 2.24) is 0 Å². The lowest BCUT2D eigenvalue weighted by molar-refractivity contribution is -0.136. The average Bonchev–Trinajstić information content (AvgIpc) is 2.55. The minimum Gasteiger partial charge on any atom is -0.481 e. The summed E-state index contributed by atoms with van der Waals surface area (Å²) < 4.78 is 5.84. The van der Waals surface area contributed by atoms with Gasteiger partial charge in [0.1, 0.15) is 5.76 Å². The van der Waals surface area contributed by atoms with Crippen LogP contribution in [0.15, 0.2) is 51.7 Å². The van der Waals surface area contributed by atoms with Crippen molar-refractivity contribution in [3.8, 4) is 11.3 Å². The normalized spacial score (nSPS) is 11.2. The largest absolute Gasteiger partial charge is 0.481 e. The Morgan fingerprint density at radius 1 is 1.16 bits per heavy atom. The summed E-state index contributed by atoms with van der Waals surface area (Å²) in [6, 6.07) is 12.3. The molecule has 0 saturated heterocycles. The van der Waals surface area contributed by atoms with Crippen LogP contribution in [0.2, 0.25) is 5.02 Å². The summed E-state index contributed by atoms with van der Waals surface area (Å²) in [5, 5.41) is 9.42. The highest BCUT2D eigenvalue weighted by atomic mass is 35.5. The molecule has 0 bridgehead atoms. The van der Waals surface area contributed by atoms with Gasteiger partial charge in [-0.2, -0.15) is 0 Å². The second-order valence-corrected chi connectivity index (χ2v) is 6.68. The number of halogens is 1. The quantitative estimate of drug-likeness (QED) is 0.724. The zero-order chi connectivity index (χ0) is 18.1. The van der Waals surface area contributed by atoms with Crippen LogP contribution < -0.4 is 5.43 Å². The number of benzene rings is 2. The molecule has 4 nitrogen and oxygen atoms in total. The zero-order valence-corrected chi connectivity index (χ0v) is 14.6. The molecule has 1 N–H and O–H groups in total. The van der Waals surface area contributed by atoms with E-state index in [0.29, 0.717) is 17.2 Å². The van der Waals surface area contributed by atoms with Crippen LogP contribution in [0.4, 0.5) is 0 Å². The molecular formula is C20H17ClO4. The highest BCUT2D eigenvalue weighted by Gasteiger charge is 2.13. The first-order valence-electron chi connectivity index (χ1n) is 7.93. The second-order valence-electron chi connectivity index (χ2n) is 6.28. The minimum absolute atomic E-state index is 0.201. The van der Waals surface area contributed by atoms with Crippen molar-refractivity contribution in [3.05, 3.63) is 68.8 Å². The predicted octanol–water partition coefficient (Wildman–Crippen LogP) is 4.86. The summed E-state index contributed by atoms with van der Waals surface area (Å²) in [7, 11) is 0. The Bertz CT molecular complexity index is 1000. The van der Waals surface area contributed by atoms with E-state index in [1.807, 2.05) is 24.3 Å². The summed E-state index contributed by atoms with van der Waals surface area (Å²) in [4.78, 5) is 23.3. The molecular weight excluding hydrogens is 340 g/mol. The lowest BCUT2D eigenvalue weighted by Crippen LogP contribution is -2.04. The molecule has 5 heteroatoms. The molecule has 0 saturated carbocycles. The molecule has 2 aromatic carbocycles. The van der Waals surface area contributed by atoms with Gasteiger partial charge in [-0.25, -0.2) is 0 Å². The first kappa shape index (κ1) is 17.2. The van der Waals surface area contributed by atoms with Crippen LogP contribution >= 0.6 is 11.6 Å². The van der Waals surface area contributed by atoms with Gasteiger partial charge in [-0.05, 0) is 29.2 Å². The van der Waals surface area contributed by atoms with Crippen LogP contribution in [0.1, 0.15) is 30.9 Å². The van der Waals surface area contributed by atoms with Crippen molar-refractivity contribution in [1.29, 1.82) is 0 Å². The Morgan fingerprint density at radius 2 is 1.84 bits per heavy atom. The fourth-order valence-corrected chi connectivity index (χ4v) is 3.00. The highest BCUT2D eigenvalue weighted by Crippen LogP contribution is 2.29. The molecule has 0 amide bonds. The van der Waals surface area contributed by atoms with Crippen LogP contribution in [0.5, 0.6) is 0 Å². The van der Waals surface area contributed by atoms with Crippen LogP contribution in [0.25, 0.3) is 22.3 Å². The van der Waals surface area contributed by atoms with Gasteiger partial charge in [0.2, 0.25) is 0 Å². The predicted molar refractivity (Wildman–Crippen MR) is 98.4 cm³/mol. The smallest absolute Gasteiger partial charge is 0.307 e. The van der Waals surface area contributed by atoms with Crippen LogP contribution in [-0.4, -0.2) is 11.1 Å². The molecule has 25 heavy (non-hydrogen) atoms. The summed E-state index contributed by atoms with van der Waals surface area (Å²) in [6.45, 7) is 4.22. The number of hydrogen-bond acceptors (Lipinski definition) is 3. The number of fused-ring (bicyclic) bond motifs is 1. The van der Waals surface area contributed by atoms with Gasteiger partial charge in [-0.3, -0.25) is 9.59 Å². The maximum Gasteiger partial charge on any atom is 0.307 e. The van der Waals surface area contributed by atoms with E-state index in [-0.39, 0.29) is 27.8 Å². The van der Waals surface area contributed by atoms with Gasteiger partial charge in [-0.15, -0.1) is 0 Å². The third-order valence-electron chi connectivity index (χ3n) is 4.06. The topological polar surface area (TPSA) is 67.5 Å². The van der Waals surface area contributed by atoms with E-state index in [1.165, 1.54) is 23.8 Å². The molecule has 0 aliphatic rings. The Morgan fingerprint density at radius 3 is 2.44 bits per heavy atom. The second kappa shape index (κ2) is 6.73. The molecule has 0 aliphatic carbocycles. The summed E-state index contributed by atoms with van der Waals surface area (Å²) in [6.07, 6.45) is -0.201. The van der Waals surface area contributed by atoms with Crippen molar-refractivity contribution in [2.75, 3.05) is 0 Å². The highest BCUT2D eigenvalue weighted by molar-refractivity contribution is 6.34. The van der Waals surface area contributed by atoms with Crippen molar-refractivity contribution in [3.63, 3.8) is 0 Å². The van der Waals surface area contributed by atoms with E-state index in [0.717, 1.165) is 5.56 Å². The zero-order valence-electron chi connectivity index (χ0n) is 13.9. The molecule has 0 unspecified atom stereocenters. The fourth-order valence-electron chi connectivity index (χ4n) is 2.72. The van der Waals surface area contributed by atoms with Gasteiger partial charge in [0.05, 0.1) is 16.8 Å². The number of carboxylic acids is 1. The first-order chi connectivity index (χ1) is 11.8. The van der Waals surface area contributed by atoms with Crippen molar-refractivity contribution < 1.29 is 14.3 Å². The number of carboxylic acid groups (broad SMARTS) is 1. The Hall–Kier alpha value is -2.59. The lowest BCUT2D eigenvalue weighted by Gasteiger charge is -2.08. The van der Waals surface area contributed by atoms with E-state index >= 15 is 0 Å². The van der Waals surface area contributed by atoms with E-state index in [4.69, 9.17) is 21.1 Å². The minimum atomic E-state index is -0.985. The Labute approximate surface area is 149 Å². The summed E-state index contributed by atoms with van der Waals surface area (Å²) >= 11 is 6.22. The van der Waals surface area contributed by atoms with Crippen LogP contribution in [-0.2, 0) is 11.2 Å². The third-order valence-corrected chi connectivity index (χ3v) is 4.34. The number of carbonyl (C=O) groups is 1. The van der Waals surface area contributed by atoms with Crippen molar-refractivity contribution in [2.45, 2.75) is 26.2 Å². The van der Waals surface area contributed by atoms with Crippen LogP contribution in [0, 0.1) is 0 Å². The number of hydrogen-bond donors (Lipinski definition) is 1. The SMILES string of the molecule is CC(C)c1ccc(-c2cc(=O)c3cc(CC(=O)O)cc(Cl)c3o2)cc1. The van der Waals surface area contributed by atoms with Gasteiger partial charge >= 0.3 is 5.97 Å². The van der Waals surface area contributed by atoms with Gasteiger partial charge < -0.3 is 9.52 Å². The van der Waals surface area contributed by atoms with E-state index in [2.05, 4.69) is 13.8 Å². The monoisotopic (exact) mass is 356 g/mol. The first-order valence-corrected chi connectivity index (χ1v) is 8.31. The molecule has 0 spiro atoms. The molecule has 1 aromatic heterocycles. The Kier molecular flexibility index (Phi) is 4.64. The average molecular weight is 357 g/mol. The summed E-state index contributed by atoms with van der Waals surface area (Å²) in [5.41, 5.74) is 2.47. The van der Waals surface area contributed by atoms with Crippen LogP contribution in [0.3, 0.4) is 0 Å². The van der Waals surface area contributed by atoms with Gasteiger partial charge in [0, 0.05) is 11.6 Å². The molecule has 0 fully saturated rings. The molecule has 3 aromatic rings. The Balaban J connectivity index is 2.11. The van der Waals surface area contributed by atoms with Gasteiger partial charge in [-0.1, -0.05) is 49.7 Å². The molecule has 1 heterocycles. The van der Waals surface area contributed by atoms with Gasteiger partial charge in [0.25, 0.3) is 0 Å². The van der Waals surface area contributed by atoms with E-state index < -0.39 is 5.97 Å². The molecule has 3 rings (SSSR count). The van der Waals surface area contributed by atoms with E-state index in [9.17, 15) is 9.59 Å². The maximum absolute atomic E-state index is 12.5. The number of aliphatic carboxylic acids is 1. The summed E-state index contributed by atoms with van der Waals surface area (Å²) in [5.74, 6) is -0.137. The maximum atomic E-state index is 12.5. The van der Waals surface area contributed by atoms with E-state index in [1.54, 1.807) is 0 Å². The van der Waals surface area contributed by atoms with Gasteiger partial charge in [0.15, 0.2) is 11.0 Å². The standard InChI is InChI=1S/C20H17ClO4/c1-11(2)13-3-5-14(6-4-13)18-10-17(22)15-7-12(9-19(23)24)8-16(21)20(15)25-18/h3-8,10-11H,9H2,1-2H3,(H,23,24). The lowest BCUT2D eigenvalue weighted by atomic mass is 10.0.